The number of benzene rings is 2. The monoisotopic (exact) mass is 422 g/mol. The first-order valence-corrected chi connectivity index (χ1v) is 10.4. The summed E-state index contributed by atoms with van der Waals surface area (Å²) < 4.78 is 27.8. The summed E-state index contributed by atoms with van der Waals surface area (Å²) in [5.41, 5.74) is 1.24. The minimum absolute atomic E-state index is 0.0566. The lowest BCUT2D eigenvalue weighted by Crippen LogP contribution is -2.32. The summed E-state index contributed by atoms with van der Waals surface area (Å²) in [5, 5.41) is 0. The zero-order chi connectivity index (χ0) is 17.9. The number of carbonyl (C=O) groups excluding carboxylic acids is 1. The maximum Gasteiger partial charge on any atom is 0.265 e. The normalized spacial score (nSPS) is 15.2. The summed E-state index contributed by atoms with van der Waals surface area (Å²) in [4.78, 5) is 14.9. The number of amides is 1. The van der Waals surface area contributed by atoms with E-state index in [-0.39, 0.29) is 4.90 Å². The number of likely N-dealkylation sites (tertiary alicyclic amines) is 1. The molecule has 1 fully saturated rings. The predicted octanol–water partition coefficient (Wildman–Crippen LogP) is 3.16. The summed E-state index contributed by atoms with van der Waals surface area (Å²) in [6, 6.07) is 13.3. The van der Waals surface area contributed by atoms with Gasteiger partial charge >= 0.3 is 0 Å². The van der Waals surface area contributed by atoms with Gasteiger partial charge < -0.3 is 0 Å². The van der Waals surface area contributed by atoms with Crippen LogP contribution in [0.25, 0.3) is 0 Å². The molecule has 1 saturated heterocycles. The van der Waals surface area contributed by atoms with Gasteiger partial charge in [0.15, 0.2) is 0 Å². The molecule has 25 heavy (non-hydrogen) atoms. The van der Waals surface area contributed by atoms with Crippen molar-refractivity contribution in [1.29, 1.82) is 0 Å². The van der Waals surface area contributed by atoms with E-state index in [0.717, 1.165) is 36.0 Å². The number of rotatable bonds is 5. The fourth-order valence-electron chi connectivity index (χ4n) is 2.91. The Labute approximate surface area is 156 Å². The molecular formula is C18H19BrN2O3S. The highest BCUT2D eigenvalue weighted by Gasteiger charge is 2.21. The Morgan fingerprint density at radius 2 is 1.68 bits per heavy atom. The lowest BCUT2D eigenvalue weighted by atomic mass is 10.1. The van der Waals surface area contributed by atoms with E-state index >= 15 is 0 Å². The van der Waals surface area contributed by atoms with Crippen LogP contribution in [0.4, 0.5) is 0 Å². The minimum Gasteiger partial charge on any atom is -0.299 e. The van der Waals surface area contributed by atoms with Gasteiger partial charge in [0.05, 0.1) is 4.90 Å². The van der Waals surface area contributed by atoms with E-state index in [1.165, 1.54) is 12.1 Å². The Morgan fingerprint density at radius 3 is 2.36 bits per heavy atom. The first-order chi connectivity index (χ1) is 12.0. The van der Waals surface area contributed by atoms with E-state index < -0.39 is 15.9 Å². The van der Waals surface area contributed by atoms with E-state index in [0.29, 0.717) is 12.1 Å². The van der Waals surface area contributed by atoms with Crippen molar-refractivity contribution in [2.75, 3.05) is 13.1 Å². The molecule has 1 heterocycles. The standard InChI is InChI=1S/C18H19BrN2O3S/c19-15-7-9-16(10-8-15)25(23,24)20-18(22)17-6-2-1-5-14(17)13-21-11-3-4-12-21/h1-2,5-10H,3-4,11-13H2,(H,20,22). The lowest BCUT2D eigenvalue weighted by molar-refractivity contribution is 0.0979. The summed E-state index contributed by atoms with van der Waals surface area (Å²) >= 11 is 3.26. The van der Waals surface area contributed by atoms with Gasteiger partial charge in [-0.2, -0.15) is 0 Å². The molecule has 0 spiro atoms. The number of hydrogen-bond donors (Lipinski definition) is 1. The van der Waals surface area contributed by atoms with Gasteiger partial charge in [-0.15, -0.1) is 0 Å². The highest BCUT2D eigenvalue weighted by molar-refractivity contribution is 9.10. The van der Waals surface area contributed by atoms with Gasteiger partial charge in [0, 0.05) is 16.6 Å². The molecule has 0 atom stereocenters. The van der Waals surface area contributed by atoms with Crippen LogP contribution in [0.1, 0.15) is 28.8 Å². The van der Waals surface area contributed by atoms with Crippen LogP contribution in [-0.2, 0) is 16.6 Å². The highest BCUT2D eigenvalue weighted by atomic mass is 79.9. The van der Waals surface area contributed by atoms with Gasteiger partial charge in [-0.1, -0.05) is 34.1 Å². The largest absolute Gasteiger partial charge is 0.299 e. The van der Waals surface area contributed by atoms with Crippen molar-refractivity contribution in [3.63, 3.8) is 0 Å². The smallest absolute Gasteiger partial charge is 0.265 e. The quantitative estimate of drug-likeness (QED) is 0.803. The second kappa shape index (κ2) is 7.68. The molecule has 1 aliphatic rings. The third kappa shape index (κ3) is 4.48. The molecular weight excluding hydrogens is 404 g/mol. The Hall–Kier alpha value is -1.70. The molecule has 5 nitrogen and oxygen atoms in total. The number of halogens is 1. The maximum atomic E-state index is 12.6. The summed E-state index contributed by atoms with van der Waals surface area (Å²) in [6.45, 7) is 2.67. The van der Waals surface area contributed by atoms with Crippen LogP contribution < -0.4 is 4.72 Å². The lowest BCUT2D eigenvalue weighted by Gasteiger charge is -2.17. The summed E-state index contributed by atoms with van der Waals surface area (Å²) in [6.07, 6.45) is 2.32. The molecule has 0 bridgehead atoms. The van der Waals surface area contributed by atoms with Crippen LogP contribution in [-0.4, -0.2) is 32.3 Å². The number of nitrogens with one attached hydrogen (secondary N) is 1. The van der Waals surface area contributed by atoms with Crippen LogP contribution in [0.15, 0.2) is 57.9 Å². The van der Waals surface area contributed by atoms with E-state index in [9.17, 15) is 13.2 Å². The zero-order valence-corrected chi connectivity index (χ0v) is 16.0. The first kappa shape index (κ1) is 18.1. The Kier molecular flexibility index (Phi) is 5.56. The molecule has 2 aromatic rings. The third-order valence-corrected chi connectivity index (χ3v) is 6.08. The van der Waals surface area contributed by atoms with E-state index in [1.54, 1.807) is 24.3 Å². The molecule has 0 unspecified atom stereocenters. The molecule has 132 valence electrons. The van der Waals surface area contributed by atoms with Crippen LogP contribution >= 0.6 is 15.9 Å². The average Bonchev–Trinajstić information content (AvgIpc) is 3.08. The predicted molar refractivity (Wildman–Crippen MR) is 99.7 cm³/mol. The fraction of sp³-hybridized carbons (Fsp3) is 0.278. The summed E-state index contributed by atoms with van der Waals surface area (Å²) in [5.74, 6) is -0.599. The van der Waals surface area contributed by atoms with Gasteiger partial charge in [-0.3, -0.25) is 9.69 Å². The van der Waals surface area contributed by atoms with E-state index in [4.69, 9.17) is 0 Å². The van der Waals surface area contributed by atoms with Gasteiger partial charge in [-0.05, 0) is 61.8 Å². The molecule has 3 rings (SSSR count). The van der Waals surface area contributed by atoms with Crippen LogP contribution in [0, 0.1) is 0 Å². The molecule has 0 saturated carbocycles. The average molecular weight is 423 g/mol. The van der Waals surface area contributed by atoms with Crippen molar-refractivity contribution >= 4 is 31.9 Å². The molecule has 1 aliphatic heterocycles. The Bertz CT molecular complexity index is 860. The van der Waals surface area contributed by atoms with Gasteiger partial charge in [0.2, 0.25) is 0 Å². The van der Waals surface area contributed by atoms with Crippen molar-refractivity contribution in [3.8, 4) is 0 Å². The summed E-state index contributed by atoms with van der Waals surface area (Å²) in [7, 11) is -3.90. The minimum atomic E-state index is -3.90. The van der Waals surface area contributed by atoms with Crippen LogP contribution in [0.2, 0.25) is 0 Å². The van der Waals surface area contributed by atoms with Crippen molar-refractivity contribution in [1.82, 2.24) is 9.62 Å². The fourth-order valence-corrected chi connectivity index (χ4v) is 4.14. The molecule has 0 aliphatic carbocycles. The van der Waals surface area contributed by atoms with E-state index in [2.05, 4.69) is 25.6 Å². The number of nitrogens with zero attached hydrogens (tertiary/aromatic N) is 1. The van der Waals surface area contributed by atoms with E-state index in [1.807, 2.05) is 12.1 Å². The van der Waals surface area contributed by atoms with Crippen molar-refractivity contribution in [3.05, 3.63) is 64.1 Å². The van der Waals surface area contributed by atoms with Crippen molar-refractivity contribution in [2.45, 2.75) is 24.3 Å². The molecule has 2 aromatic carbocycles. The molecule has 0 radical (unpaired) electrons. The van der Waals surface area contributed by atoms with Crippen molar-refractivity contribution < 1.29 is 13.2 Å². The second-order valence-electron chi connectivity index (χ2n) is 6.03. The zero-order valence-electron chi connectivity index (χ0n) is 13.6. The number of sulfonamides is 1. The number of hydrogen-bond acceptors (Lipinski definition) is 4. The third-order valence-electron chi connectivity index (χ3n) is 4.21. The Morgan fingerprint density at radius 1 is 1.04 bits per heavy atom. The SMILES string of the molecule is O=C(NS(=O)(=O)c1ccc(Br)cc1)c1ccccc1CN1CCCC1. The van der Waals surface area contributed by atoms with Gasteiger partial charge in [0.1, 0.15) is 0 Å². The molecule has 7 heteroatoms. The number of carbonyl (C=O) groups is 1. The van der Waals surface area contributed by atoms with Crippen LogP contribution in [0.3, 0.4) is 0 Å². The highest BCUT2D eigenvalue weighted by Crippen LogP contribution is 2.18. The first-order valence-electron chi connectivity index (χ1n) is 8.09. The topological polar surface area (TPSA) is 66.5 Å². The van der Waals surface area contributed by atoms with Crippen molar-refractivity contribution in [2.24, 2.45) is 0 Å². The van der Waals surface area contributed by atoms with Crippen LogP contribution in [0.5, 0.6) is 0 Å². The molecule has 1 N–H and O–H groups in total. The van der Waals surface area contributed by atoms with Gasteiger partial charge in [-0.25, -0.2) is 13.1 Å². The maximum absolute atomic E-state index is 12.6. The second-order valence-corrected chi connectivity index (χ2v) is 8.63. The molecule has 0 aromatic heterocycles. The molecule has 1 amide bonds. The Balaban J connectivity index is 1.80. The van der Waals surface area contributed by atoms with Gasteiger partial charge in [0.25, 0.3) is 15.9 Å².